The third-order valence-electron chi connectivity index (χ3n) is 2.71. The lowest BCUT2D eigenvalue weighted by Gasteiger charge is -2.07. The van der Waals surface area contributed by atoms with Crippen LogP contribution >= 0.6 is 15.9 Å². The van der Waals surface area contributed by atoms with Gasteiger partial charge in [-0.25, -0.2) is 0 Å². The number of benzene rings is 2. The van der Waals surface area contributed by atoms with Gasteiger partial charge in [0.15, 0.2) is 5.78 Å². The predicted octanol–water partition coefficient (Wildman–Crippen LogP) is 3.56. The third-order valence-corrected chi connectivity index (χ3v) is 3.24. The zero-order valence-electron chi connectivity index (χ0n) is 10.2. The number of nitrogens with zero attached hydrogens (tertiary/aromatic N) is 1. The quantitative estimate of drug-likeness (QED) is 0.814. The zero-order valence-corrected chi connectivity index (χ0v) is 11.8. The fraction of sp³-hybridized carbons (Fsp3) is 0.0667. The van der Waals surface area contributed by atoms with Crippen LogP contribution in [0.1, 0.15) is 21.5 Å². The Hall–Kier alpha value is -2.12. The minimum Gasteiger partial charge on any atom is -0.495 e. The molecular formula is C15H10BrNO2. The van der Waals surface area contributed by atoms with Crippen molar-refractivity contribution in [3.63, 3.8) is 0 Å². The van der Waals surface area contributed by atoms with Crippen molar-refractivity contribution in [3.05, 3.63) is 63.6 Å². The van der Waals surface area contributed by atoms with Crippen molar-refractivity contribution in [2.45, 2.75) is 0 Å². The summed E-state index contributed by atoms with van der Waals surface area (Å²) in [6, 6.07) is 14.0. The van der Waals surface area contributed by atoms with Crippen LogP contribution in [0.4, 0.5) is 0 Å². The summed E-state index contributed by atoms with van der Waals surface area (Å²) in [6.45, 7) is 0. The van der Waals surface area contributed by atoms with Gasteiger partial charge in [-0.3, -0.25) is 4.79 Å². The van der Waals surface area contributed by atoms with E-state index in [2.05, 4.69) is 15.9 Å². The second-order valence-electron chi connectivity index (χ2n) is 3.83. The highest BCUT2D eigenvalue weighted by molar-refractivity contribution is 9.10. The molecule has 0 atom stereocenters. The van der Waals surface area contributed by atoms with E-state index in [0.29, 0.717) is 16.9 Å². The molecule has 0 aromatic heterocycles. The van der Waals surface area contributed by atoms with Crippen LogP contribution in [-0.4, -0.2) is 12.9 Å². The molecular weight excluding hydrogens is 306 g/mol. The highest BCUT2D eigenvalue weighted by Gasteiger charge is 2.16. The summed E-state index contributed by atoms with van der Waals surface area (Å²) in [6.07, 6.45) is 0. The van der Waals surface area contributed by atoms with Crippen molar-refractivity contribution in [1.29, 1.82) is 5.26 Å². The molecule has 0 saturated carbocycles. The lowest BCUT2D eigenvalue weighted by Crippen LogP contribution is -2.05. The van der Waals surface area contributed by atoms with E-state index in [4.69, 9.17) is 4.74 Å². The van der Waals surface area contributed by atoms with Crippen LogP contribution in [0.2, 0.25) is 0 Å². The van der Waals surface area contributed by atoms with Gasteiger partial charge in [-0.15, -0.1) is 0 Å². The minimum absolute atomic E-state index is 0.192. The molecule has 4 heteroatoms. The Balaban J connectivity index is 2.50. The number of carbonyl (C=O) groups is 1. The Bertz CT molecular complexity index is 657. The second kappa shape index (κ2) is 5.68. The van der Waals surface area contributed by atoms with Gasteiger partial charge in [-0.05, 0) is 36.4 Å². The molecule has 0 radical (unpaired) electrons. The van der Waals surface area contributed by atoms with E-state index >= 15 is 0 Å². The molecule has 0 N–H and O–H groups in total. The Kier molecular flexibility index (Phi) is 3.98. The maximum absolute atomic E-state index is 12.4. The smallest absolute Gasteiger partial charge is 0.194 e. The van der Waals surface area contributed by atoms with Crippen LogP contribution in [0.25, 0.3) is 0 Å². The highest BCUT2D eigenvalue weighted by Crippen LogP contribution is 2.24. The number of hydrogen-bond acceptors (Lipinski definition) is 3. The van der Waals surface area contributed by atoms with E-state index in [1.807, 2.05) is 6.07 Å². The average Bonchev–Trinajstić information content (AvgIpc) is 2.46. The van der Waals surface area contributed by atoms with E-state index in [9.17, 15) is 10.1 Å². The Morgan fingerprint density at radius 3 is 2.47 bits per heavy atom. The molecule has 2 aromatic rings. The topological polar surface area (TPSA) is 50.1 Å². The van der Waals surface area contributed by atoms with E-state index in [0.717, 1.165) is 4.47 Å². The number of hydrogen-bond donors (Lipinski definition) is 0. The highest BCUT2D eigenvalue weighted by atomic mass is 79.9. The average molecular weight is 316 g/mol. The molecule has 0 aliphatic heterocycles. The first kappa shape index (κ1) is 13.3. The fourth-order valence-electron chi connectivity index (χ4n) is 1.76. The van der Waals surface area contributed by atoms with E-state index in [1.54, 1.807) is 42.5 Å². The first-order valence-corrected chi connectivity index (χ1v) is 6.34. The van der Waals surface area contributed by atoms with Gasteiger partial charge >= 0.3 is 0 Å². The fourth-order valence-corrected chi connectivity index (χ4v) is 2.03. The maximum Gasteiger partial charge on any atom is 0.194 e. The van der Waals surface area contributed by atoms with Crippen LogP contribution in [0.3, 0.4) is 0 Å². The molecule has 0 aliphatic rings. The molecule has 0 unspecified atom stereocenters. The number of halogens is 1. The van der Waals surface area contributed by atoms with Crippen LogP contribution in [0, 0.1) is 11.3 Å². The van der Waals surface area contributed by atoms with Crippen molar-refractivity contribution in [2.75, 3.05) is 7.11 Å². The second-order valence-corrected chi connectivity index (χ2v) is 4.75. The summed E-state index contributed by atoms with van der Waals surface area (Å²) < 4.78 is 6.00. The summed E-state index contributed by atoms with van der Waals surface area (Å²) in [5.41, 5.74) is 1.15. The first-order chi connectivity index (χ1) is 9.17. The van der Waals surface area contributed by atoms with Gasteiger partial charge in [0.05, 0.1) is 7.11 Å². The zero-order chi connectivity index (χ0) is 13.8. The standard InChI is InChI=1S/C15H10BrNO2/c1-19-14-4-2-3-12(13(14)9-17)15(18)10-5-7-11(16)8-6-10/h2-8H,1H3. The summed E-state index contributed by atoms with van der Waals surface area (Å²) in [5, 5.41) is 9.18. The van der Waals surface area contributed by atoms with Gasteiger partial charge in [0.1, 0.15) is 17.4 Å². The van der Waals surface area contributed by atoms with Gasteiger partial charge in [0.25, 0.3) is 0 Å². The number of rotatable bonds is 3. The number of ketones is 1. The molecule has 3 nitrogen and oxygen atoms in total. The van der Waals surface area contributed by atoms with Crippen LogP contribution < -0.4 is 4.74 Å². The summed E-state index contributed by atoms with van der Waals surface area (Å²) in [7, 11) is 1.48. The van der Waals surface area contributed by atoms with Gasteiger partial charge < -0.3 is 4.74 Å². The van der Waals surface area contributed by atoms with Crippen molar-refractivity contribution in [2.24, 2.45) is 0 Å². The number of ether oxygens (including phenoxy) is 1. The molecule has 94 valence electrons. The molecule has 0 saturated heterocycles. The van der Waals surface area contributed by atoms with Crippen molar-refractivity contribution < 1.29 is 9.53 Å². The van der Waals surface area contributed by atoms with Gasteiger partial charge in [0, 0.05) is 15.6 Å². The van der Waals surface area contributed by atoms with Crippen LogP contribution in [0.5, 0.6) is 5.75 Å². The molecule has 0 amide bonds. The molecule has 2 aromatic carbocycles. The van der Waals surface area contributed by atoms with E-state index in [1.165, 1.54) is 7.11 Å². The summed E-state index contributed by atoms with van der Waals surface area (Å²) >= 11 is 3.32. The molecule has 0 spiro atoms. The normalized spacial score (nSPS) is 9.74. The molecule has 2 rings (SSSR count). The Morgan fingerprint density at radius 2 is 1.89 bits per heavy atom. The lowest BCUT2D eigenvalue weighted by molar-refractivity contribution is 0.103. The lowest BCUT2D eigenvalue weighted by atomic mass is 9.98. The largest absolute Gasteiger partial charge is 0.495 e. The molecule has 0 fully saturated rings. The van der Waals surface area contributed by atoms with Crippen molar-refractivity contribution in [3.8, 4) is 11.8 Å². The van der Waals surface area contributed by atoms with Gasteiger partial charge in [0.2, 0.25) is 0 Å². The van der Waals surface area contributed by atoms with E-state index < -0.39 is 0 Å². The first-order valence-electron chi connectivity index (χ1n) is 5.54. The predicted molar refractivity (Wildman–Crippen MR) is 75.3 cm³/mol. The van der Waals surface area contributed by atoms with Crippen molar-refractivity contribution in [1.82, 2.24) is 0 Å². The molecule has 0 heterocycles. The maximum atomic E-state index is 12.4. The SMILES string of the molecule is COc1cccc(C(=O)c2ccc(Br)cc2)c1C#N. The Morgan fingerprint density at radius 1 is 1.21 bits per heavy atom. The van der Waals surface area contributed by atoms with E-state index in [-0.39, 0.29) is 11.3 Å². The monoisotopic (exact) mass is 315 g/mol. The summed E-state index contributed by atoms with van der Waals surface area (Å²) in [5.74, 6) is 0.216. The molecule has 19 heavy (non-hydrogen) atoms. The minimum atomic E-state index is -0.192. The Labute approximate surface area is 119 Å². The van der Waals surface area contributed by atoms with Crippen LogP contribution in [-0.2, 0) is 0 Å². The van der Waals surface area contributed by atoms with Crippen LogP contribution in [0.15, 0.2) is 46.9 Å². The molecule has 0 bridgehead atoms. The third kappa shape index (κ3) is 2.67. The number of nitriles is 1. The number of methoxy groups -OCH3 is 1. The van der Waals surface area contributed by atoms with Gasteiger partial charge in [-0.1, -0.05) is 22.0 Å². The molecule has 0 aliphatic carbocycles. The van der Waals surface area contributed by atoms with Crippen molar-refractivity contribution >= 4 is 21.7 Å². The summed E-state index contributed by atoms with van der Waals surface area (Å²) in [4.78, 5) is 12.4. The number of carbonyl (C=O) groups excluding carboxylic acids is 1. The van der Waals surface area contributed by atoms with Gasteiger partial charge in [-0.2, -0.15) is 5.26 Å².